The highest BCUT2D eigenvalue weighted by Crippen LogP contribution is 2.48. The first kappa shape index (κ1) is 17.4. The summed E-state index contributed by atoms with van der Waals surface area (Å²) < 4.78 is 86.1. The molecule has 1 heterocycles. The number of rotatable bonds is 2. The van der Waals surface area contributed by atoms with Gasteiger partial charge in [0.05, 0.1) is 12.3 Å². The first-order valence-electron chi connectivity index (χ1n) is 19.3. The quantitative estimate of drug-likeness (QED) is 0.147. The lowest BCUT2D eigenvalue weighted by Gasteiger charge is -2.19. The molecular weight excluding hydrogens is 544 g/mol. The van der Waals surface area contributed by atoms with Gasteiger partial charge in [-0.3, -0.25) is 0 Å². The summed E-state index contributed by atoms with van der Waals surface area (Å²) in [7, 11) is 0. The lowest BCUT2D eigenvalue weighted by atomic mass is 9.83. The lowest BCUT2D eigenvalue weighted by molar-refractivity contribution is 0.673. The van der Waals surface area contributed by atoms with E-state index in [1.165, 1.54) is 0 Å². The van der Waals surface area contributed by atoms with Gasteiger partial charge < -0.3 is 4.42 Å². The Hall–Kier alpha value is -5.92. The average molecular weight is 580 g/mol. The van der Waals surface area contributed by atoms with Gasteiger partial charge in [-0.2, -0.15) is 0 Å². The lowest BCUT2D eigenvalue weighted by Crippen LogP contribution is -1.92. The van der Waals surface area contributed by atoms with E-state index in [9.17, 15) is 2.74 Å². The Balaban J connectivity index is 1.42. The molecule has 0 bridgehead atoms. The van der Waals surface area contributed by atoms with Gasteiger partial charge in [-0.05, 0) is 82.8 Å². The van der Waals surface area contributed by atoms with E-state index in [2.05, 4.69) is 42.5 Å². The van der Waals surface area contributed by atoms with Crippen LogP contribution in [0.25, 0.3) is 98.1 Å². The van der Waals surface area contributed by atoms with Crippen LogP contribution in [0, 0.1) is 0 Å². The SMILES string of the molecule is [2H]c1c([2H])c(-c2c3ccccc3c(-c3cccc4c3ccc3ccccc34)c3ccccc23)c2c(oc3c4c([2H])c([2H])c([2H])c([2H])c4c([2H])c([2H])c32)c1[2H]. The Morgan fingerprint density at radius 2 is 1.04 bits per heavy atom. The van der Waals surface area contributed by atoms with Crippen LogP contribution in [0.15, 0.2) is 162 Å². The summed E-state index contributed by atoms with van der Waals surface area (Å²) in [6.07, 6.45) is 0. The molecule has 1 aromatic heterocycles. The van der Waals surface area contributed by atoms with Crippen LogP contribution in [-0.2, 0) is 0 Å². The second kappa shape index (κ2) is 9.29. The average Bonchev–Trinajstić information content (AvgIpc) is 3.59. The molecule has 10 aromatic rings. The van der Waals surface area contributed by atoms with Crippen LogP contribution in [0.3, 0.4) is 0 Å². The largest absolute Gasteiger partial charge is 0.455 e. The summed E-state index contributed by atoms with van der Waals surface area (Å²) in [5.74, 6) is 0. The van der Waals surface area contributed by atoms with E-state index in [1.807, 2.05) is 60.7 Å². The minimum Gasteiger partial charge on any atom is -0.455 e. The van der Waals surface area contributed by atoms with E-state index in [1.54, 1.807) is 0 Å². The fourth-order valence-electron chi connectivity index (χ4n) is 7.10. The first-order chi connectivity index (χ1) is 26.1. The Labute approximate surface area is 272 Å². The highest BCUT2D eigenvalue weighted by molar-refractivity contribution is 6.28. The third kappa shape index (κ3) is 3.44. The first-order valence-corrected chi connectivity index (χ1v) is 14.8. The maximum atomic E-state index is 9.47. The molecule has 0 fully saturated rings. The molecule has 0 atom stereocenters. The van der Waals surface area contributed by atoms with Crippen molar-refractivity contribution in [1.29, 1.82) is 0 Å². The Kier molecular flexibility index (Phi) is 3.59. The molecule has 208 valence electrons. The number of furan rings is 1. The zero-order valence-electron chi connectivity index (χ0n) is 32.7. The van der Waals surface area contributed by atoms with Crippen LogP contribution in [0.5, 0.6) is 0 Å². The molecule has 0 aliphatic rings. The van der Waals surface area contributed by atoms with Gasteiger partial charge in [0.2, 0.25) is 0 Å². The summed E-state index contributed by atoms with van der Waals surface area (Å²) in [5.41, 5.74) is 2.69. The molecule has 0 aliphatic heterocycles. The fourth-order valence-corrected chi connectivity index (χ4v) is 7.10. The summed E-state index contributed by atoms with van der Waals surface area (Å²) in [4.78, 5) is 0. The van der Waals surface area contributed by atoms with E-state index in [0.29, 0.717) is 5.56 Å². The highest BCUT2D eigenvalue weighted by atomic mass is 16.3. The van der Waals surface area contributed by atoms with Gasteiger partial charge >= 0.3 is 0 Å². The second-order valence-electron chi connectivity index (χ2n) is 11.3. The van der Waals surface area contributed by atoms with Crippen molar-refractivity contribution in [3.05, 3.63) is 158 Å². The predicted molar refractivity (Wildman–Crippen MR) is 192 cm³/mol. The molecule has 45 heavy (non-hydrogen) atoms. The number of benzene rings is 9. The predicted octanol–water partition coefficient (Wildman–Crippen LogP) is 12.7. The van der Waals surface area contributed by atoms with Crippen molar-refractivity contribution in [2.45, 2.75) is 0 Å². The van der Waals surface area contributed by atoms with Crippen molar-refractivity contribution >= 4 is 75.8 Å². The van der Waals surface area contributed by atoms with Crippen molar-refractivity contribution in [1.82, 2.24) is 0 Å². The molecule has 0 spiro atoms. The maximum absolute atomic E-state index is 9.47. The smallest absolute Gasteiger partial charge is 0.143 e. The molecule has 1 heteroatoms. The van der Waals surface area contributed by atoms with Crippen LogP contribution in [-0.4, -0.2) is 0 Å². The third-order valence-corrected chi connectivity index (χ3v) is 8.99. The number of fused-ring (bicyclic) bond motifs is 10. The third-order valence-electron chi connectivity index (χ3n) is 8.99. The van der Waals surface area contributed by atoms with Crippen molar-refractivity contribution in [2.75, 3.05) is 0 Å². The normalized spacial score (nSPS) is 14.8. The summed E-state index contributed by atoms with van der Waals surface area (Å²) in [5, 5.41) is 7.80. The van der Waals surface area contributed by atoms with Gasteiger partial charge in [-0.25, -0.2) is 0 Å². The van der Waals surface area contributed by atoms with Crippen LogP contribution < -0.4 is 0 Å². The van der Waals surface area contributed by atoms with Crippen molar-refractivity contribution in [3.63, 3.8) is 0 Å². The van der Waals surface area contributed by atoms with Gasteiger partial charge in [0.1, 0.15) is 11.2 Å². The summed E-state index contributed by atoms with van der Waals surface area (Å²) >= 11 is 0. The molecule has 0 amide bonds. The van der Waals surface area contributed by atoms with Crippen LogP contribution >= 0.6 is 0 Å². The fraction of sp³-hybridized carbons (Fsp3) is 0. The van der Waals surface area contributed by atoms with E-state index in [-0.39, 0.29) is 56.4 Å². The van der Waals surface area contributed by atoms with Gasteiger partial charge in [0.25, 0.3) is 0 Å². The van der Waals surface area contributed by atoms with Gasteiger partial charge in [-0.1, -0.05) is 145 Å². The van der Waals surface area contributed by atoms with E-state index in [4.69, 9.17) is 14.0 Å². The molecule has 0 aliphatic carbocycles. The molecule has 0 saturated heterocycles. The minimum absolute atomic E-state index is 0.0581. The van der Waals surface area contributed by atoms with Crippen LogP contribution in [0.2, 0.25) is 0 Å². The highest BCUT2D eigenvalue weighted by Gasteiger charge is 2.21. The van der Waals surface area contributed by atoms with E-state index >= 15 is 0 Å². The van der Waals surface area contributed by atoms with Crippen LogP contribution in [0.1, 0.15) is 12.3 Å². The van der Waals surface area contributed by atoms with Crippen molar-refractivity contribution in [3.8, 4) is 22.3 Å². The monoisotopic (exact) mass is 579 g/mol. The molecule has 0 unspecified atom stereocenters. The molecule has 0 saturated carbocycles. The molecule has 1 nitrogen and oxygen atoms in total. The minimum atomic E-state index is -0.531. The maximum Gasteiger partial charge on any atom is 0.143 e. The molecule has 0 radical (unpaired) electrons. The zero-order valence-corrected chi connectivity index (χ0v) is 23.7. The summed E-state index contributed by atoms with van der Waals surface area (Å²) in [6.45, 7) is 0. The molecule has 10 rings (SSSR count). The van der Waals surface area contributed by atoms with Gasteiger partial charge in [-0.15, -0.1) is 0 Å². The zero-order chi connectivity index (χ0) is 37.3. The van der Waals surface area contributed by atoms with E-state index < -0.39 is 36.3 Å². The van der Waals surface area contributed by atoms with Crippen LogP contribution in [0.4, 0.5) is 0 Å². The molecular formula is C44H26O. The van der Waals surface area contributed by atoms with Crippen molar-refractivity contribution in [2.24, 2.45) is 0 Å². The molecule has 9 aromatic carbocycles. The number of hydrogen-bond donors (Lipinski definition) is 0. The second-order valence-corrected chi connectivity index (χ2v) is 11.3. The topological polar surface area (TPSA) is 13.1 Å². The molecule has 0 N–H and O–H groups in total. The summed E-state index contributed by atoms with van der Waals surface area (Å²) in [6, 6.07) is 30.9. The van der Waals surface area contributed by atoms with Gasteiger partial charge in [0.15, 0.2) is 0 Å². The Morgan fingerprint density at radius 1 is 0.378 bits per heavy atom. The Morgan fingerprint density at radius 3 is 1.82 bits per heavy atom. The Bertz CT molecular complexity index is 3270. The van der Waals surface area contributed by atoms with Gasteiger partial charge in [0, 0.05) is 16.2 Å². The standard InChI is InChI=1S/C44H26O/c1-3-13-29-27(11-1)23-25-32-31(29)19-9-20-33(32)41-34-15-5-7-17-36(34)42(37-18-8-6-16-35(37)41)38-21-10-22-40-43(38)39-26-24-28-12-2-4-14-30(28)44(39)45-40/h1-26H/i2D,4D,10D,12D,14D,21D,22D,24D,26D. The van der Waals surface area contributed by atoms with E-state index in [0.717, 1.165) is 54.2 Å². The van der Waals surface area contributed by atoms with Crippen molar-refractivity contribution < 1.29 is 16.8 Å². The number of hydrogen-bond acceptors (Lipinski definition) is 1.